The van der Waals surface area contributed by atoms with Crippen LogP contribution in [0.1, 0.15) is 25.0 Å². The van der Waals surface area contributed by atoms with Crippen LogP contribution < -0.4 is 0 Å². The van der Waals surface area contributed by atoms with Crippen molar-refractivity contribution >= 4 is 153 Å². The van der Waals surface area contributed by atoms with E-state index >= 15 is 0 Å². The smallest absolute Gasteiger partial charge is 0.235 e. The molecule has 12 nitrogen and oxygen atoms in total. The first kappa shape index (κ1) is 76.7. The molecule has 1 aliphatic rings. The maximum Gasteiger partial charge on any atom is 0.235 e. The average Bonchev–Trinajstić information content (AvgIpc) is 1.51. The van der Waals surface area contributed by atoms with Crippen LogP contribution >= 0.6 is 0 Å². The van der Waals surface area contributed by atoms with E-state index in [4.69, 9.17) is 38.2 Å². The zero-order valence-corrected chi connectivity index (χ0v) is 73.7. The molecule has 0 atom stereocenters. The summed E-state index contributed by atoms with van der Waals surface area (Å²) in [5, 5.41) is 16.1. The molecule has 9 heterocycles. The molecule has 29 rings (SSSR count). The molecule has 0 radical (unpaired) electrons. The molecule has 636 valence electrons. The molecule has 0 saturated heterocycles. The minimum Gasteiger partial charge on any atom is -0.456 e. The number of hydrogen-bond donors (Lipinski definition) is 0. The summed E-state index contributed by atoms with van der Waals surface area (Å²) in [7, 11) is 0. The molecule has 0 fully saturated rings. The second kappa shape index (κ2) is 30.0. The van der Waals surface area contributed by atoms with Gasteiger partial charge < -0.3 is 27.0 Å². The first-order valence-electron chi connectivity index (χ1n) is 46.1. The van der Waals surface area contributed by atoms with Crippen molar-refractivity contribution in [1.29, 1.82) is 0 Å². The van der Waals surface area contributed by atoms with E-state index in [9.17, 15) is 0 Å². The zero-order chi connectivity index (χ0) is 89.5. The van der Waals surface area contributed by atoms with Crippen LogP contribution in [0.3, 0.4) is 0 Å². The molecule has 136 heavy (non-hydrogen) atoms. The number of rotatable bonds is 11. The number of fused-ring (bicyclic) bond motifs is 24. The van der Waals surface area contributed by atoms with Crippen molar-refractivity contribution in [3.05, 3.63) is 442 Å². The van der Waals surface area contributed by atoms with E-state index in [1.54, 1.807) is 0 Å². The van der Waals surface area contributed by atoms with Crippen LogP contribution in [0.2, 0.25) is 0 Å². The fraction of sp³-hybridized carbons (Fsp3) is 0.0242. The molecule has 9 aromatic heterocycles. The summed E-state index contributed by atoms with van der Waals surface area (Å²) < 4.78 is 29.0. The van der Waals surface area contributed by atoms with Gasteiger partial charge in [-0.05, 0) is 184 Å². The Morgan fingerprint density at radius 1 is 0.184 bits per heavy atom. The standard InChI is InChI=1S/C63H37N5O2.C61H40N4O/c1-4-15-38(16-5-1)61-64-62(39-17-6-2-7-18-39)66-63(65-61)42-19-14-22-44(31-42)68-53-25-12-10-23-45(53)49-34-52-47-29-27-41(33-58(47)70-60(52)36-55(49)68)40-28-30-54-48(32-40)50-35-51-46-24-11-13-26-57(46)69-59(51)37-56(50)67(54)43-20-8-3-9-21-43;1-61(2)50-31-40(39-27-29-55-46(30-39)48-33-49-44-23-13-15-25-58(44)66-59(49)36-57(48)64(55)41-20-10-5-11-21-41)26-28-42(50)45-32-47-43-22-12-14-24-54(43)65(56(47)34-51(45)61)60-62-52(37-16-6-3-7-17-37)35-53(63-60)38-18-8-4-9-19-38/h1-37H;3-36H,1-2H3. The number of nitrogens with zero attached hydrogens (tertiary/aromatic N) is 9. The Kier molecular flexibility index (Phi) is 16.9. The minimum atomic E-state index is -0.278. The van der Waals surface area contributed by atoms with Gasteiger partial charge in [-0.1, -0.05) is 287 Å². The predicted molar refractivity (Wildman–Crippen MR) is 557 cm³/mol. The summed E-state index contributed by atoms with van der Waals surface area (Å²) in [6.07, 6.45) is 0. The molecule has 0 saturated carbocycles. The van der Waals surface area contributed by atoms with Gasteiger partial charge in [0, 0.05) is 144 Å². The summed E-state index contributed by atoms with van der Waals surface area (Å²) in [6, 6.07) is 153. The van der Waals surface area contributed by atoms with Crippen LogP contribution in [0, 0.1) is 0 Å². The van der Waals surface area contributed by atoms with E-state index in [0.717, 1.165) is 183 Å². The SMILES string of the molecule is CC1(C)c2cc(-c3ccc4c(c3)c3cc5c(cc3n4-c3ccccc3)oc3ccccc35)ccc2-c2cc3c4ccccc4n(-c4nc(-c5ccccc5)cc(-c5ccccc5)n4)c3cc21.c1ccc(-c2nc(-c3ccccc3)nc(-c3cccc(-n4c5ccccc5c5cc6c(cc54)oc4cc(-c5ccc7c(c5)c5cc8c(cc5n7-c5ccccc5)oc5ccccc58)ccc46)c3)n2)cc1. The van der Waals surface area contributed by atoms with Crippen LogP contribution in [-0.2, 0) is 5.41 Å². The van der Waals surface area contributed by atoms with E-state index in [-0.39, 0.29) is 5.41 Å². The zero-order valence-electron chi connectivity index (χ0n) is 73.7. The van der Waals surface area contributed by atoms with Crippen molar-refractivity contribution in [2.75, 3.05) is 0 Å². The van der Waals surface area contributed by atoms with Gasteiger partial charge in [0.15, 0.2) is 17.5 Å². The first-order chi connectivity index (χ1) is 67.1. The van der Waals surface area contributed by atoms with Crippen molar-refractivity contribution < 1.29 is 13.3 Å². The molecule has 19 aromatic carbocycles. The lowest BCUT2D eigenvalue weighted by molar-refractivity contribution is 0.661. The molecular weight excluding hydrogens is 1660 g/mol. The van der Waals surface area contributed by atoms with Crippen molar-refractivity contribution in [1.82, 2.24) is 43.2 Å². The van der Waals surface area contributed by atoms with Gasteiger partial charge in [0.2, 0.25) is 5.95 Å². The van der Waals surface area contributed by atoms with Crippen LogP contribution in [0.15, 0.2) is 444 Å². The van der Waals surface area contributed by atoms with Gasteiger partial charge in [-0.3, -0.25) is 4.57 Å². The third-order valence-corrected chi connectivity index (χ3v) is 28.1. The van der Waals surface area contributed by atoms with Crippen molar-refractivity contribution in [2.24, 2.45) is 0 Å². The molecule has 0 N–H and O–H groups in total. The van der Waals surface area contributed by atoms with Crippen molar-refractivity contribution in [3.8, 4) is 113 Å². The maximum absolute atomic E-state index is 6.86. The van der Waals surface area contributed by atoms with Crippen LogP contribution in [0.4, 0.5) is 0 Å². The van der Waals surface area contributed by atoms with E-state index < -0.39 is 0 Å². The maximum atomic E-state index is 6.86. The largest absolute Gasteiger partial charge is 0.456 e. The van der Waals surface area contributed by atoms with E-state index in [0.29, 0.717) is 23.4 Å². The van der Waals surface area contributed by atoms with Gasteiger partial charge in [-0.2, -0.15) is 0 Å². The normalized spacial score (nSPS) is 12.5. The highest BCUT2D eigenvalue weighted by Gasteiger charge is 2.38. The van der Waals surface area contributed by atoms with Crippen molar-refractivity contribution in [2.45, 2.75) is 19.3 Å². The van der Waals surface area contributed by atoms with E-state index in [1.165, 1.54) is 71.2 Å². The Balaban J connectivity index is 0.000000135. The lowest BCUT2D eigenvalue weighted by Gasteiger charge is -2.22. The fourth-order valence-corrected chi connectivity index (χ4v) is 21.6. The van der Waals surface area contributed by atoms with E-state index in [1.807, 2.05) is 91.0 Å². The van der Waals surface area contributed by atoms with Crippen molar-refractivity contribution in [3.63, 3.8) is 0 Å². The second-order valence-corrected chi connectivity index (χ2v) is 36.2. The van der Waals surface area contributed by atoms with Gasteiger partial charge in [0.1, 0.15) is 33.5 Å². The third kappa shape index (κ3) is 12.1. The van der Waals surface area contributed by atoms with E-state index in [2.05, 4.69) is 372 Å². The van der Waals surface area contributed by atoms with Gasteiger partial charge in [-0.25, -0.2) is 24.9 Å². The quantitative estimate of drug-likeness (QED) is 0.125. The Labute approximate surface area is 778 Å². The van der Waals surface area contributed by atoms with Gasteiger partial charge in [0.25, 0.3) is 0 Å². The lowest BCUT2D eigenvalue weighted by Crippen LogP contribution is -2.15. The second-order valence-electron chi connectivity index (χ2n) is 36.2. The number of hydrogen-bond acceptors (Lipinski definition) is 8. The molecule has 1 aliphatic carbocycles. The molecule has 0 aliphatic heterocycles. The summed E-state index contributed by atoms with van der Waals surface area (Å²) >= 11 is 0. The van der Waals surface area contributed by atoms with Gasteiger partial charge >= 0.3 is 0 Å². The molecule has 0 unspecified atom stereocenters. The highest BCUT2D eigenvalue weighted by atomic mass is 16.3. The molecule has 0 spiro atoms. The highest BCUT2D eigenvalue weighted by Crippen LogP contribution is 2.54. The van der Waals surface area contributed by atoms with Crippen LogP contribution in [0.5, 0.6) is 0 Å². The monoisotopic (exact) mass is 1740 g/mol. The number of furan rings is 3. The average molecular weight is 1740 g/mol. The fourth-order valence-electron chi connectivity index (χ4n) is 21.6. The third-order valence-electron chi connectivity index (χ3n) is 28.1. The molecular formula is C124H77N9O3. The molecule has 28 aromatic rings. The van der Waals surface area contributed by atoms with Crippen LogP contribution in [-0.4, -0.2) is 43.2 Å². The minimum absolute atomic E-state index is 0.278. The van der Waals surface area contributed by atoms with Crippen LogP contribution in [0.25, 0.3) is 266 Å². The summed E-state index contributed by atoms with van der Waals surface area (Å²) in [5.41, 5.74) is 33.5. The molecule has 0 bridgehead atoms. The summed E-state index contributed by atoms with van der Waals surface area (Å²) in [4.78, 5) is 25.7. The Bertz CT molecular complexity index is 9720. The molecule has 0 amide bonds. The number of aromatic nitrogens is 9. The van der Waals surface area contributed by atoms with Gasteiger partial charge in [0.05, 0.1) is 55.5 Å². The lowest BCUT2D eigenvalue weighted by atomic mass is 9.81. The Morgan fingerprint density at radius 2 is 0.529 bits per heavy atom. The summed E-state index contributed by atoms with van der Waals surface area (Å²) in [5.74, 6) is 2.52. The Morgan fingerprint density at radius 3 is 1.05 bits per heavy atom. The number of benzene rings is 19. The number of para-hydroxylation sites is 6. The summed E-state index contributed by atoms with van der Waals surface area (Å²) in [6.45, 7) is 4.74. The first-order valence-corrected chi connectivity index (χ1v) is 46.1. The Hall–Kier alpha value is -18.1. The topological polar surface area (TPSA) is 124 Å². The predicted octanol–water partition coefficient (Wildman–Crippen LogP) is 32.4. The van der Waals surface area contributed by atoms with Gasteiger partial charge in [-0.15, -0.1) is 0 Å². The highest BCUT2D eigenvalue weighted by molar-refractivity contribution is 6.22. The molecule has 12 heteroatoms.